The summed E-state index contributed by atoms with van der Waals surface area (Å²) in [5.74, 6) is -0.377. The highest BCUT2D eigenvalue weighted by molar-refractivity contribution is 6.30. The number of halogens is 2. The SMILES string of the molecule is COCCNC/C=C/c1cccc(Cl)c1F. The van der Waals surface area contributed by atoms with Crippen molar-refractivity contribution in [3.8, 4) is 0 Å². The molecular formula is C12H15ClFNO. The third kappa shape index (κ3) is 4.31. The van der Waals surface area contributed by atoms with Gasteiger partial charge >= 0.3 is 0 Å². The normalized spacial score (nSPS) is 11.2. The molecule has 0 heterocycles. The molecular weight excluding hydrogens is 229 g/mol. The van der Waals surface area contributed by atoms with Crippen LogP contribution >= 0.6 is 11.6 Å². The van der Waals surface area contributed by atoms with E-state index in [1.807, 2.05) is 6.08 Å². The van der Waals surface area contributed by atoms with Crippen molar-refractivity contribution in [2.45, 2.75) is 0 Å². The zero-order valence-electron chi connectivity index (χ0n) is 9.17. The predicted octanol–water partition coefficient (Wildman–Crippen LogP) is 2.73. The molecule has 16 heavy (non-hydrogen) atoms. The fraction of sp³-hybridized carbons (Fsp3) is 0.333. The summed E-state index contributed by atoms with van der Waals surface area (Å²) in [6, 6.07) is 4.95. The molecule has 0 aliphatic carbocycles. The van der Waals surface area contributed by atoms with Crippen LogP contribution in [0.1, 0.15) is 5.56 Å². The number of ether oxygens (including phenoxy) is 1. The van der Waals surface area contributed by atoms with Gasteiger partial charge in [0.2, 0.25) is 0 Å². The number of nitrogens with one attached hydrogen (secondary N) is 1. The van der Waals surface area contributed by atoms with Gasteiger partial charge in [0, 0.05) is 25.8 Å². The molecule has 0 saturated carbocycles. The number of hydrogen-bond donors (Lipinski definition) is 1. The van der Waals surface area contributed by atoms with E-state index < -0.39 is 0 Å². The van der Waals surface area contributed by atoms with E-state index >= 15 is 0 Å². The lowest BCUT2D eigenvalue weighted by Crippen LogP contribution is -2.18. The predicted molar refractivity (Wildman–Crippen MR) is 65.2 cm³/mol. The van der Waals surface area contributed by atoms with Crippen molar-refractivity contribution in [2.24, 2.45) is 0 Å². The fourth-order valence-corrected chi connectivity index (χ4v) is 1.38. The first-order valence-corrected chi connectivity index (χ1v) is 5.43. The van der Waals surface area contributed by atoms with Crippen LogP contribution in [0.2, 0.25) is 5.02 Å². The van der Waals surface area contributed by atoms with Crippen molar-refractivity contribution in [3.05, 3.63) is 40.7 Å². The second-order valence-electron chi connectivity index (χ2n) is 3.24. The molecule has 1 N–H and O–H groups in total. The first kappa shape index (κ1) is 13.2. The highest BCUT2D eigenvalue weighted by atomic mass is 35.5. The Morgan fingerprint density at radius 2 is 2.31 bits per heavy atom. The van der Waals surface area contributed by atoms with E-state index in [1.165, 1.54) is 6.07 Å². The molecule has 0 fully saturated rings. The average Bonchev–Trinajstić information content (AvgIpc) is 2.29. The van der Waals surface area contributed by atoms with Gasteiger partial charge in [0.15, 0.2) is 0 Å². The Balaban J connectivity index is 2.41. The second kappa shape index (κ2) is 7.39. The van der Waals surface area contributed by atoms with Crippen LogP contribution in [-0.2, 0) is 4.74 Å². The third-order valence-electron chi connectivity index (χ3n) is 2.02. The molecule has 0 unspecified atom stereocenters. The Bertz CT molecular complexity index is 355. The molecule has 0 radical (unpaired) electrons. The van der Waals surface area contributed by atoms with Crippen molar-refractivity contribution in [3.63, 3.8) is 0 Å². The highest BCUT2D eigenvalue weighted by Gasteiger charge is 2.01. The van der Waals surface area contributed by atoms with Gasteiger partial charge in [0.05, 0.1) is 11.6 Å². The van der Waals surface area contributed by atoms with Crippen molar-refractivity contribution >= 4 is 17.7 Å². The molecule has 1 aromatic carbocycles. The van der Waals surface area contributed by atoms with Gasteiger partial charge in [-0.05, 0) is 6.07 Å². The quantitative estimate of drug-likeness (QED) is 0.776. The van der Waals surface area contributed by atoms with Crippen LogP contribution in [0.3, 0.4) is 0 Å². The minimum atomic E-state index is -0.377. The zero-order valence-corrected chi connectivity index (χ0v) is 9.93. The summed E-state index contributed by atoms with van der Waals surface area (Å²) in [6.45, 7) is 2.12. The molecule has 4 heteroatoms. The molecule has 0 spiro atoms. The lowest BCUT2D eigenvalue weighted by molar-refractivity contribution is 0.200. The maximum absolute atomic E-state index is 13.4. The third-order valence-corrected chi connectivity index (χ3v) is 2.32. The first-order chi connectivity index (χ1) is 7.75. The molecule has 0 atom stereocenters. The van der Waals surface area contributed by atoms with Crippen molar-refractivity contribution in [2.75, 3.05) is 26.8 Å². The van der Waals surface area contributed by atoms with Crippen LogP contribution in [0, 0.1) is 5.82 Å². The smallest absolute Gasteiger partial charge is 0.148 e. The summed E-state index contributed by atoms with van der Waals surface area (Å²) >= 11 is 5.65. The van der Waals surface area contributed by atoms with Gasteiger partial charge in [-0.2, -0.15) is 0 Å². The van der Waals surface area contributed by atoms with Crippen molar-refractivity contribution in [1.82, 2.24) is 5.32 Å². The Morgan fingerprint density at radius 3 is 3.06 bits per heavy atom. The summed E-state index contributed by atoms with van der Waals surface area (Å²) in [4.78, 5) is 0. The fourth-order valence-electron chi connectivity index (χ4n) is 1.19. The van der Waals surface area contributed by atoms with Crippen LogP contribution in [0.4, 0.5) is 4.39 Å². The van der Waals surface area contributed by atoms with E-state index in [0.29, 0.717) is 18.7 Å². The van der Waals surface area contributed by atoms with Gasteiger partial charge in [-0.25, -0.2) is 4.39 Å². The van der Waals surface area contributed by atoms with Gasteiger partial charge in [-0.15, -0.1) is 0 Å². The molecule has 0 aliphatic rings. The average molecular weight is 244 g/mol. The Hall–Kier alpha value is -0.900. The maximum atomic E-state index is 13.4. The molecule has 1 aromatic rings. The minimum Gasteiger partial charge on any atom is -0.383 e. The molecule has 0 aliphatic heterocycles. The van der Waals surface area contributed by atoms with Crippen molar-refractivity contribution in [1.29, 1.82) is 0 Å². The highest BCUT2D eigenvalue weighted by Crippen LogP contribution is 2.18. The van der Waals surface area contributed by atoms with E-state index in [4.69, 9.17) is 16.3 Å². The lowest BCUT2D eigenvalue weighted by atomic mass is 10.2. The van der Waals surface area contributed by atoms with E-state index in [2.05, 4.69) is 5.32 Å². The lowest BCUT2D eigenvalue weighted by Gasteiger charge is -2.00. The minimum absolute atomic E-state index is 0.148. The van der Waals surface area contributed by atoms with Crippen LogP contribution in [0.25, 0.3) is 6.08 Å². The monoisotopic (exact) mass is 243 g/mol. The standard InChI is InChI=1S/C12H15ClFNO/c1-16-9-8-15-7-3-5-10-4-2-6-11(13)12(10)14/h2-6,15H,7-9H2,1H3/b5-3+. The molecule has 0 bridgehead atoms. The molecule has 2 nitrogen and oxygen atoms in total. The molecule has 1 rings (SSSR count). The van der Waals surface area contributed by atoms with Gasteiger partial charge in [-0.3, -0.25) is 0 Å². The number of methoxy groups -OCH3 is 1. The molecule has 88 valence electrons. The number of hydrogen-bond acceptors (Lipinski definition) is 2. The van der Waals surface area contributed by atoms with Gasteiger partial charge in [-0.1, -0.05) is 35.9 Å². The van der Waals surface area contributed by atoms with E-state index in [-0.39, 0.29) is 10.8 Å². The number of benzene rings is 1. The summed E-state index contributed by atoms with van der Waals surface area (Å²) in [5.41, 5.74) is 0.501. The van der Waals surface area contributed by atoms with Gasteiger partial charge in [0.25, 0.3) is 0 Å². The maximum Gasteiger partial charge on any atom is 0.148 e. The van der Waals surface area contributed by atoms with Gasteiger partial charge in [0.1, 0.15) is 5.82 Å². The Labute approximate surface area is 100 Å². The summed E-state index contributed by atoms with van der Waals surface area (Å²) in [7, 11) is 1.65. The summed E-state index contributed by atoms with van der Waals surface area (Å²) < 4.78 is 18.3. The summed E-state index contributed by atoms with van der Waals surface area (Å²) in [5, 5.41) is 3.27. The van der Waals surface area contributed by atoms with Crippen LogP contribution in [0.15, 0.2) is 24.3 Å². The second-order valence-corrected chi connectivity index (χ2v) is 3.65. The van der Waals surface area contributed by atoms with Crippen LogP contribution in [-0.4, -0.2) is 26.8 Å². The van der Waals surface area contributed by atoms with E-state index in [1.54, 1.807) is 25.3 Å². The molecule has 0 saturated heterocycles. The first-order valence-electron chi connectivity index (χ1n) is 5.06. The largest absolute Gasteiger partial charge is 0.383 e. The Kier molecular flexibility index (Phi) is 6.08. The zero-order chi connectivity index (χ0) is 11.8. The summed E-state index contributed by atoms with van der Waals surface area (Å²) in [6.07, 6.45) is 3.56. The Morgan fingerprint density at radius 1 is 1.50 bits per heavy atom. The van der Waals surface area contributed by atoms with Gasteiger partial charge < -0.3 is 10.1 Å². The van der Waals surface area contributed by atoms with E-state index in [9.17, 15) is 4.39 Å². The van der Waals surface area contributed by atoms with Crippen LogP contribution < -0.4 is 5.32 Å². The van der Waals surface area contributed by atoms with Crippen molar-refractivity contribution < 1.29 is 9.13 Å². The number of rotatable bonds is 6. The van der Waals surface area contributed by atoms with E-state index in [0.717, 1.165) is 6.54 Å². The topological polar surface area (TPSA) is 21.3 Å². The van der Waals surface area contributed by atoms with Crippen LogP contribution in [0.5, 0.6) is 0 Å². The molecule has 0 amide bonds. The molecule has 0 aromatic heterocycles.